The minimum absolute atomic E-state index is 0.0973. The molecule has 0 saturated heterocycles. The van der Waals surface area contributed by atoms with Gasteiger partial charge in [0.05, 0.1) is 11.5 Å². The molecule has 2 aromatic rings. The molecule has 0 aliphatic rings. The van der Waals surface area contributed by atoms with E-state index in [1.807, 2.05) is 6.92 Å². The lowest BCUT2D eigenvalue weighted by molar-refractivity contribution is 0.102. The summed E-state index contributed by atoms with van der Waals surface area (Å²) in [5.74, 6) is 0.301. The Bertz CT molecular complexity index is 814. The maximum absolute atomic E-state index is 12.3. The van der Waals surface area contributed by atoms with Gasteiger partial charge in [0, 0.05) is 11.3 Å². The number of benzene rings is 2. The smallest absolute Gasteiger partial charge is 0.255 e. The van der Waals surface area contributed by atoms with E-state index < -0.39 is 15.9 Å². The maximum Gasteiger partial charge on any atom is 0.255 e. The SMILES string of the molecule is CCOc1ccc(NC(=O)c2cc(S(N)(=O)=O)ccc2C)cc1. The lowest BCUT2D eigenvalue weighted by Gasteiger charge is -2.10. The van der Waals surface area contributed by atoms with Crippen molar-refractivity contribution >= 4 is 21.6 Å². The summed E-state index contributed by atoms with van der Waals surface area (Å²) in [6.45, 7) is 4.17. The van der Waals surface area contributed by atoms with Crippen LogP contribution in [0.2, 0.25) is 0 Å². The minimum Gasteiger partial charge on any atom is -0.494 e. The molecule has 23 heavy (non-hydrogen) atoms. The molecule has 6 nitrogen and oxygen atoms in total. The van der Waals surface area contributed by atoms with Crippen LogP contribution in [-0.4, -0.2) is 20.9 Å². The van der Waals surface area contributed by atoms with Crippen LogP contribution in [0, 0.1) is 6.92 Å². The molecule has 0 fully saturated rings. The van der Waals surface area contributed by atoms with Crippen LogP contribution in [0.1, 0.15) is 22.8 Å². The minimum atomic E-state index is -3.86. The van der Waals surface area contributed by atoms with E-state index in [2.05, 4.69) is 5.32 Å². The van der Waals surface area contributed by atoms with E-state index in [1.165, 1.54) is 12.1 Å². The number of nitrogens with two attached hydrogens (primary N) is 1. The van der Waals surface area contributed by atoms with Crippen molar-refractivity contribution in [2.45, 2.75) is 18.7 Å². The van der Waals surface area contributed by atoms with E-state index in [-0.39, 0.29) is 10.5 Å². The molecular weight excluding hydrogens is 316 g/mol. The number of hydrogen-bond donors (Lipinski definition) is 2. The summed E-state index contributed by atoms with van der Waals surface area (Å²) in [5, 5.41) is 7.82. The van der Waals surface area contributed by atoms with Crippen molar-refractivity contribution < 1.29 is 17.9 Å². The molecule has 122 valence electrons. The highest BCUT2D eigenvalue weighted by Gasteiger charge is 2.15. The number of carbonyl (C=O) groups is 1. The highest BCUT2D eigenvalue weighted by molar-refractivity contribution is 7.89. The number of aryl methyl sites for hydroxylation is 1. The molecule has 1 amide bonds. The Hall–Kier alpha value is -2.38. The van der Waals surface area contributed by atoms with Crippen LogP contribution in [0.4, 0.5) is 5.69 Å². The molecule has 3 N–H and O–H groups in total. The molecule has 0 heterocycles. The largest absolute Gasteiger partial charge is 0.494 e. The van der Waals surface area contributed by atoms with Crippen LogP contribution in [0.15, 0.2) is 47.4 Å². The zero-order chi connectivity index (χ0) is 17.0. The number of amides is 1. The maximum atomic E-state index is 12.3. The fourth-order valence-electron chi connectivity index (χ4n) is 2.02. The molecule has 0 atom stereocenters. The van der Waals surface area contributed by atoms with Gasteiger partial charge in [-0.15, -0.1) is 0 Å². The van der Waals surface area contributed by atoms with Crippen molar-refractivity contribution in [3.05, 3.63) is 53.6 Å². The number of rotatable bonds is 5. The second kappa shape index (κ2) is 6.80. The normalized spacial score (nSPS) is 11.1. The Morgan fingerprint density at radius 1 is 1.17 bits per heavy atom. The van der Waals surface area contributed by atoms with Crippen LogP contribution in [0.25, 0.3) is 0 Å². The van der Waals surface area contributed by atoms with Gasteiger partial charge in [0.25, 0.3) is 5.91 Å². The molecule has 0 unspecified atom stereocenters. The van der Waals surface area contributed by atoms with Gasteiger partial charge in [0.2, 0.25) is 10.0 Å². The van der Waals surface area contributed by atoms with E-state index in [0.29, 0.717) is 23.6 Å². The van der Waals surface area contributed by atoms with Crippen molar-refractivity contribution in [2.24, 2.45) is 5.14 Å². The molecule has 2 aromatic carbocycles. The van der Waals surface area contributed by atoms with E-state index in [9.17, 15) is 13.2 Å². The van der Waals surface area contributed by atoms with Crippen molar-refractivity contribution in [2.75, 3.05) is 11.9 Å². The van der Waals surface area contributed by atoms with Crippen molar-refractivity contribution in [3.8, 4) is 5.75 Å². The summed E-state index contributed by atoms with van der Waals surface area (Å²) >= 11 is 0. The summed E-state index contributed by atoms with van der Waals surface area (Å²) < 4.78 is 28.1. The average Bonchev–Trinajstić information content (AvgIpc) is 2.48. The zero-order valence-electron chi connectivity index (χ0n) is 12.9. The number of sulfonamides is 1. The Balaban J connectivity index is 2.23. The van der Waals surface area contributed by atoms with Crippen LogP contribution in [0.3, 0.4) is 0 Å². The van der Waals surface area contributed by atoms with Crippen molar-refractivity contribution in [1.29, 1.82) is 0 Å². The Kier molecular flexibility index (Phi) is 5.02. The summed E-state index contributed by atoms with van der Waals surface area (Å²) in [5.41, 5.74) is 1.49. The predicted octanol–water partition coefficient (Wildman–Crippen LogP) is 2.29. The molecule has 0 saturated carbocycles. The molecule has 0 aliphatic heterocycles. The third kappa shape index (κ3) is 4.30. The molecule has 0 aromatic heterocycles. The van der Waals surface area contributed by atoms with Gasteiger partial charge in [-0.1, -0.05) is 6.07 Å². The summed E-state index contributed by atoms with van der Waals surface area (Å²) in [6, 6.07) is 11.1. The van der Waals surface area contributed by atoms with E-state index in [4.69, 9.17) is 9.88 Å². The zero-order valence-corrected chi connectivity index (χ0v) is 13.7. The van der Waals surface area contributed by atoms with Gasteiger partial charge >= 0.3 is 0 Å². The molecule has 0 aliphatic carbocycles. The number of nitrogens with one attached hydrogen (secondary N) is 1. The van der Waals surface area contributed by atoms with Gasteiger partial charge in [-0.3, -0.25) is 4.79 Å². The van der Waals surface area contributed by atoms with Crippen molar-refractivity contribution in [1.82, 2.24) is 0 Å². The molecule has 7 heteroatoms. The van der Waals surface area contributed by atoms with Crippen LogP contribution >= 0.6 is 0 Å². The highest BCUT2D eigenvalue weighted by atomic mass is 32.2. The Morgan fingerprint density at radius 2 is 1.83 bits per heavy atom. The van der Waals surface area contributed by atoms with E-state index in [1.54, 1.807) is 37.3 Å². The van der Waals surface area contributed by atoms with E-state index in [0.717, 1.165) is 0 Å². The fraction of sp³-hybridized carbons (Fsp3) is 0.188. The quantitative estimate of drug-likeness (QED) is 0.876. The van der Waals surface area contributed by atoms with Crippen LogP contribution in [0.5, 0.6) is 5.75 Å². The van der Waals surface area contributed by atoms with Crippen molar-refractivity contribution in [3.63, 3.8) is 0 Å². The number of ether oxygens (including phenoxy) is 1. The molecule has 0 radical (unpaired) electrons. The second-order valence-corrected chi connectivity index (χ2v) is 6.49. The Morgan fingerprint density at radius 3 is 2.39 bits per heavy atom. The Labute approximate surface area is 135 Å². The second-order valence-electron chi connectivity index (χ2n) is 4.93. The summed E-state index contributed by atoms with van der Waals surface area (Å²) in [7, 11) is -3.86. The predicted molar refractivity (Wildman–Crippen MR) is 88.1 cm³/mol. The molecule has 0 spiro atoms. The number of primary sulfonamides is 1. The summed E-state index contributed by atoms with van der Waals surface area (Å²) in [4.78, 5) is 12.2. The fourth-order valence-corrected chi connectivity index (χ4v) is 2.56. The molecule has 2 rings (SSSR count). The number of carbonyl (C=O) groups excluding carboxylic acids is 1. The van der Waals surface area contributed by atoms with Gasteiger partial charge in [0.15, 0.2) is 0 Å². The standard InChI is InChI=1S/C16H18N2O4S/c1-3-22-13-7-5-12(6-8-13)18-16(19)15-10-14(23(17,20)21)9-4-11(15)2/h4-10H,3H2,1-2H3,(H,18,19)(H2,17,20,21). The molecular formula is C16H18N2O4S. The first-order valence-corrected chi connectivity index (χ1v) is 8.53. The highest BCUT2D eigenvalue weighted by Crippen LogP contribution is 2.19. The van der Waals surface area contributed by atoms with Crippen LogP contribution in [-0.2, 0) is 10.0 Å². The number of hydrogen-bond acceptors (Lipinski definition) is 4. The van der Waals surface area contributed by atoms with Gasteiger partial charge in [0.1, 0.15) is 5.75 Å². The lowest BCUT2D eigenvalue weighted by atomic mass is 10.1. The van der Waals surface area contributed by atoms with Gasteiger partial charge in [-0.25, -0.2) is 13.6 Å². The van der Waals surface area contributed by atoms with Gasteiger partial charge in [-0.2, -0.15) is 0 Å². The summed E-state index contributed by atoms with van der Waals surface area (Å²) in [6.07, 6.45) is 0. The van der Waals surface area contributed by atoms with Gasteiger partial charge in [-0.05, 0) is 55.8 Å². The topological polar surface area (TPSA) is 98.5 Å². The first kappa shape index (κ1) is 17.0. The number of anilines is 1. The van der Waals surface area contributed by atoms with Gasteiger partial charge < -0.3 is 10.1 Å². The van der Waals surface area contributed by atoms with Crippen LogP contribution < -0.4 is 15.2 Å². The van der Waals surface area contributed by atoms with E-state index >= 15 is 0 Å². The third-order valence-corrected chi connectivity index (χ3v) is 4.12. The first-order valence-electron chi connectivity index (χ1n) is 6.99. The monoisotopic (exact) mass is 334 g/mol. The average molecular weight is 334 g/mol. The first-order chi connectivity index (χ1) is 10.8. The lowest BCUT2D eigenvalue weighted by Crippen LogP contribution is -2.17. The third-order valence-electron chi connectivity index (χ3n) is 3.21. The molecule has 0 bridgehead atoms.